The van der Waals surface area contributed by atoms with Crippen molar-refractivity contribution in [1.82, 2.24) is 15.0 Å². The van der Waals surface area contributed by atoms with Gasteiger partial charge in [0.1, 0.15) is 11.8 Å². The molecule has 0 bridgehead atoms. The molecule has 3 aromatic carbocycles. The van der Waals surface area contributed by atoms with Crippen molar-refractivity contribution in [3.05, 3.63) is 90.0 Å². The molecule has 0 aliphatic carbocycles. The van der Waals surface area contributed by atoms with E-state index in [9.17, 15) is 9.59 Å². The van der Waals surface area contributed by atoms with Gasteiger partial charge in [0.2, 0.25) is 0 Å². The van der Waals surface area contributed by atoms with Gasteiger partial charge in [0.25, 0.3) is 0 Å². The summed E-state index contributed by atoms with van der Waals surface area (Å²) >= 11 is 0. The average molecular weight is 485 g/mol. The molecular formula is C28H28N4O4. The van der Waals surface area contributed by atoms with Gasteiger partial charge in [-0.05, 0) is 36.1 Å². The van der Waals surface area contributed by atoms with Gasteiger partial charge in [-0.15, -0.1) is 5.10 Å². The minimum atomic E-state index is -0.586. The number of anilines is 1. The van der Waals surface area contributed by atoms with Crippen LogP contribution in [0.15, 0.2) is 78.9 Å². The fourth-order valence-electron chi connectivity index (χ4n) is 3.78. The Morgan fingerprint density at radius 2 is 1.53 bits per heavy atom. The van der Waals surface area contributed by atoms with E-state index in [0.717, 1.165) is 27.8 Å². The Labute approximate surface area is 209 Å². The Hall–Kier alpha value is -4.46. The molecule has 0 aliphatic heterocycles. The number of esters is 1. The van der Waals surface area contributed by atoms with Crippen LogP contribution in [0.2, 0.25) is 0 Å². The molecule has 1 amide bonds. The first-order valence-corrected chi connectivity index (χ1v) is 11.7. The highest BCUT2D eigenvalue weighted by Crippen LogP contribution is 2.29. The number of aromatic nitrogens is 3. The van der Waals surface area contributed by atoms with Crippen molar-refractivity contribution in [2.24, 2.45) is 7.05 Å². The summed E-state index contributed by atoms with van der Waals surface area (Å²) in [7, 11) is 1.71. The molecule has 0 saturated heterocycles. The topological polar surface area (TPSA) is 95.3 Å². The molecule has 0 spiro atoms. The Morgan fingerprint density at radius 3 is 2.17 bits per heavy atom. The molecule has 1 aromatic heterocycles. The standard InChI is InChI=1S/C28H28N4O4/c1-4-35-25(33)18-20-10-12-22(13-11-20)23-14-16-24(17-15-23)26-27(32(3)31-30-26)29-28(34)36-19(2)21-8-6-5-7-9-21/h5-17,19H,4,18H2,1-3H3,(H,29,34)/t19-/m1/s1. The van der Waals surface area contributed by atoms with E-state index in [-0.39, 0.29) is 12.4 Å². The number of rotatable bonds is 8. The van der Waals surface area contributed by atoms with Gasteiger partial charge in [0, 0.05) is 12.6 Å². The first-order chi connectivity index (χ1) is 17.4. The smallest absolute Gasteiger partial charge is 0.413 e. The highest BCUT2D eigenvalue weighted by Gasteiger charge is 2.18. The Morgan fingerprint density at radius 1 is 0.917 bits per heavy atom. The number of carbonyl (C=O) groups is 2. The lowest BCUT2D eigenvalue weighted by atomic mass is 10.0. The number of hydrogen-bond donors (Lipinski definition) is 1. The normalized spacial score (nSPS) is 11.5. The van der Waals surface area contributed by atoms with Gasteiger partial charge in [0.15, 0.2) is 5.82 Å². The summed E-state index contributed by atoms with van der Waals surface area (Å²) in [6, 6.07) is 25.1. The molecule has 1 atom stereocenters. The number of amides is 1. The van der Waals surface area contributed by atoms with E-state index in [0.29, 0.717) is 18.1 Å². The van der Waals surface area contributed by atoms with Crippen LogP contribution in [0, 0.1) is 0 Å². The number of nitrogens with zero attached hydrogens (tertiary/aromatic N) is 3. The summed E-state index contributed by atoms with van der Waals surface area (Å²) in [5.74, 6) is 0.206. The van der Waals surface area contributed by atoms with Gasteiger partial charge in [-0.2, -0.15) is 0 Å². The van der Waals surface area contributed by atoms with Crippen LogP contribution in [0.3, 0.4) is 0 Å². The summed E-state index contributed by atoms with van der Waals surface area (Å²) in [6.45, 7) is 3.99. The molecule has 4 aromatic rings. The second-order valence-corrected chi connectivity index (χ2v) is 8.25. The predicted octanol–water partition coefficient (Wildman–Crippen LogP) is 5.56. The molecular weight excluding hydrogens is 456 g/mol. The van der Waals surface area contributed by atoms with Gasteiger partial charge >= 0.3 is 12.1 Å². The van der Waals surface area contributed by atoms with E-state index in [1.54, 1.807) is 14.0 Å². The molecule has 0 saturated carbocycles. The van der Waals surface area contributed by atoms with Crippen LogP contribution in [0.1, 0.15) is 31.1 Å². The van der Waals surface area contributed by atoms with Crippen LogP contribution in [-0.2, 0) is 27.7 Å². The Balaban J connectivity index is 1.45. The fraction of sp³-hybridized carbons (Fsp3) is 0.214. The summed E-state index contributed by atoms with van der Waals surface area (Å²) < 4.78 is 12.0. The molecule has 36 heavy (non-hydrogen) atoms. The van der Waals surface area contributed by atoms with Gasteiger partial charge < -0.3 is 9.47 Å². The monoisotopic (exact) mass is 484 g/mol. The summed E-state index contributed by atoms with van der Waals surface area (Å²) in [5.41, 5.74) is 5.18. The van der Waals surface area contributed by atoms with Crippen LogP contribution < -0.4 is 5.32 Å². The lowest BCUT2D eigenvalue weighted by Gasteiger charge is -2.14. The van der Waals surface area contributed by atoms with Crippen LogP contribution >= 0.6 is 0 Å². The molecule has 1 N–H and O–H groups in total. The fourth-order valence-corrected chi connectivity index (χ4v) is 3.78. The average Bonchev–Trinajstić information content (AvgIpc) is 3.25. The van der Waals surface area contributed by atoms with Crippen LogP contribution in [0.5, 0.6) is 0 Å². The number of ether oxygens (including phenoxy) is 2. The van der Waals surface area contributed by atoms with E-state index in [1.165, 1.54) is 4.68 Å². The maximum absolute atomic E-state index is 12.6. The van der Waals surface area contributed by atoms with E-state index in [4.69, 9.17) is 9.47 Å². The molecule has 0 aliphatic rings. The molecule has 0 unspecified atom stereocenters. The van der Waals surface area contributed by atoms with E-state index < -0.39 is 12.2 Å². The molecule has 0 fully saturated rings. The zero-order valence-electron chi connectivity index (χ0n) is 20.5. The molecule has 8 heteroatoms. The lowest BCUT2D eigenvalue weighted by molar-refractivity contribution is -0.142. The third-order valence-corrected chi connectivity index (χ3v) is 5.70. The first kappa shape index (κ1) is 24.7. The van der Waals surface area contributed by atoms with Crippen molar-refractivity contribution in [2.45, 2.75) is 26.4 Å². The Bertz CT molecular complexity index is 1320. The quantitative estimate of drug-likeness (QED) is 0.329. The van der Waals surface area contributed by atoms with Crippen molar-refractivity contribution >= 4 is 17.9 Å². The summed E-state index contributed by atoms with van der Waals surface area (Å²) in [6.07, 6.45) is -0.737. The van der Waals surface area contributed by atoms with Gasteiger partial charge in [-0.25, -0.2) is 9.48 Å². The minimum absolute atomic E-state index is 0.235. The van der Waals surface area contributed by atoms with Gasteiger partial charge in [0.05, 0.1) is 13.0 Å². The predicted molar refractivity (Wildman–Crippen MR) is 137 cm³/mol. The molecule has 4 rings (SSSR count). The van der Waals surface area contributed by atoms with E-state index >= 15 is 0 Å². The number of hydrogen-bond acceptors (Lipinski definition) is 6. The van der Waals surface area contributed by atoms with Crippen LogP contribution in [0.25, 0.3) is 22.4 Å². The third kappa shape index (κ3) is 5.96. The number of benzene rings is 3. The Kier molecular flexibility index (Phi) is 7.75. The second-order valence-electron chi connectivity index (χ2n) is 8.25. The van der Waals surface area contributed by atoms with Crippen LogP contribution in [0.4, 0.5) is 10.6 Å². The highest BCUT2D eigenvalue weighted by atomic mass is 16.6. The van der Waals surface area contributed by atoms with Crippen molar-refractivity contribution < 1.29 is 19.1 Å². The minimum Gasteiger partial charge on any atom is -0.466 e. The maximum atomic E-state index is 12.6. The van der Waals surface area contributed by atoms with Gasteiger partial charge in [-0.3, -0.25) is 10.1 Å². The number of carbonyl (C=O) groups excluding carboxylic acids is 2. The number of nitrogens with one attached hydrogen (secondary N) is 1. The van der Waals surface area contributed by atoms with Gasteiger partial charge in [-0.1, -0.05) is 84.1 Å². The number of aryl methyl sites for hydroxylation is 1. The first-order valence-electron chi connectivity index (χ1n) is 11.7. The summed E-state index contributed by atoms with van der Waals surface area (Å²) in [5, 5.41) is 11.1. The molecule has 184 valence electrons. The zero-order valence-corrected chi connectivity index (χ0v) is 20.5. The lowest BCUT2D eigenvalue weighted by Crippen LogP contribution is -2.18. The van der Waals surface area contributed by atoms with E-state index in [1.807, 2.05) is 85.8 Å². The molecule has 8 nitrogen and oxygen atoms in total. The van der Waals surface area contributed by atoms with E-state index in [2.05, 4.69) is 15.6 Å². The SMILES string of the molecule is CCOC(=O)Cc1ccc(-c2ccc(-c3nnn(C)c3NC(=O)O[C@H](C)c3ccccc3)cc2)cc1. The third-order valence-electron chi connectivity index (χ3n) is 5.70. The largest absolute Gasteiger partial charge is 0.466 e. The van der Waals surface area contributed by atoms with Crippen molar-refractivity contribution in [2.75, 3.05) is 11.9 Å². The van der Waals surface area contributed by atoms with Crippen LogP contribution in [-0.4, -0.2) is 33.7 Å². The molecule has 0 radical (unpaired) electrons. The second kappa shape index (κ2) is 11.3. The summed E-state index contributed by atoms with van der Waals surface area (Å²) in [4.78, 5) is 24.3. The van der Waals surface area contributed by atoms with Crippen molar-refractivity contribution in [3.8, 4) is 22.4 Å². The van der Waals surface area contributed by atoms with Crippen molar-refractivity contribution in [1.29, 1.82) is 0 Å². The zero-order chi connectivity index (χ0) is 25.5. The maximum Gasteiger partial charge on any atom is 0.413 e. The highest BCUT2D eigenvalue weighted by molar-refractivity contribution is 5.89. The molecule has 1 heterocycles. The van der Waals surface area contributed by atoms with Crippen molar-refractivity contribution in [3.63, 3.8) is 0 Å².